The van der Waals surface area contributed by atoms with Crippen LogP contribution in [0.3, 0.4) is 0 Å². The lowest BCUT2D eigenvalue weighted by Crippen LogP contribution is -2.17. The number of nitrogens with one attached hydrogen (secondary N) is 1. The standard InChI is InChI=1S/C15H23NO2S/c1-19-11-7-3-2-6-10-16-12-13-8-4-5-9-14(13)15(17)18/h4-5,8-9,16H,2-3,6-7,10-12H2,1H3,(H,17,18). The zero-order valence-electron chi connectivity index (χ0n) is 11.5. The molecule has 0 aliphatic carbocycles. The first-order valence-electron chi connectivity index (χ1n) is 6.76. The van der Waals surface area contributed by atoms with Gasteiger partial charge in [-0.15, -0.1) is 0 Å². The van der Waals surface area contributed by atoms with Gasteiger partial charge in [0, 0.05) is 6.54 Å². The Hall–Kier alpha value is -1.00. The van der Waals surface area contributed by atoms with E-state index in [0.717, 1.165) is 18.5 Å². The number of carboxylic acids is 1. The van der Waals surface area contributed by atoms with Gasteiger partial charge in [-0.25, -0.2) is 4.79 Å². The summed E-state index contributed by atoms with van der Waals surface area (Å²) in [7, 11) is 0. The molecule has 0 spiro atoms. The zero-order valence-corrected chi connectivity index (χ0v) is 12.3. The molecule has 0 atom stereocenters. The molecule has 0 aliphatic heterocycles. The van der Waals surface area contributed by atoms with E-state index in [-0.39, 0.29) is 0 Å². The molecule has 3 nitrogen and oxygen atoms in total. The van der Waals surface area contributed by atoms with Gasteiger partial charge in [0.25, 0.3) is 0 Å². The fourth-order valence-corrected chi connectivity index (χ4v) is 2.45. The minimum Gasteiger partial charge on any atom is -0.478 e. The van der Waals surface area contributed by atoms with Crippen LogP contribution in [0.15, 0.2) is 24.3 Å². The second-order valence-electron chi connectivity index (χ2n) is 4.55. The van der Waals surface area contributed by atoms with Crippen molar-refractivity contribution in [3.8, 4) is 0 Å². The maximum atomic E-state index is 11.0. The molecular weight excluding hydrogens is 258 g/mol. The third kappa shape index (κ3) is 6.64. The van der Waals surface area contributed by atoms with Crippen LogP contribution < -0.4 is 5.32 Å². The molecule has 0 saturated carbocycles. The molecule has 2 N–H and O–H groups in total. The van der Waals surface area contributed by atoms with E-state index in [9.17, 15) is 4.79 Å². The topological polar surface area (TPSA) is 49.3 Å². The first-order valence-corrected chi connectivity index (χ1v) is 8.16. The monoisotopic (exact) mass is 281 g/mol. The van der Waals surface area contributed by atoms with Crippen molar-refractivity contribution in [2.75, 3.05) is 18.6 Å². The normalized spacial score (nSPS) is 10.6. The number of benzene rings is 1. The minimum atomic E-state index is -0.852. The summed E-state index contributed by atoms with van der Waals surface area (Å²) in [6.07, 6.45) is 7.12. The average Bonchev–Trinajstić information content (AvgIpc) is 2.42. The van der Waals surface area contributed by atoms with Crippen LogP contribution >= 0.6 is 11.8 Å². The Kier molecular flexibility index (Phi) is 8.34. The lowest BCUT2D eigenvalue weighted by molar-refractivity contribution is 0.0695. The maximum absolute atomic E-state index is 11.0. The number of hydrogen-bond acceptors (Lipinski definition) is 3. The predicted octanol–water partition coefficient (Wildman–Crippen LogP) is 3.40. The van der Waals surface area contributed by atoms with Gasteiger partial charge >= 0.3 is 5.97 Å². The molecule has 0 amide bonds. The highest BCUT2D eigenvalue weighted by atomic mass is 32.2. The van der Waals surface area contributed by atoms with Crippen LogP contribution in [-0.4, -0.2) is 29.6 Å². The highest BCUT2D eigenvalue weighted by Gasteiger charge is 2.07. The Morgan fingerprint density at radius 2 is 1.95 bits per heavy atom. The lowest BCUT2D eigenvalue weighted by Gasteiger charge is -2.07. The number of hydrogen-bond donors (Lipinski definition) is 2. The van der Waals surface area contributed by atoms with Crippen LogP contribution in [0, 0.1) is 0 Å². The van der Waals surface area contributed by atoms with Crippen LogP contribution in [0.25, 0.3) is 0 Å². The van der Waals surface area contributed by atoms with E-state index < -0.39 is 5.97 Å². The summed E-state index contributed by atoms with van der Waals surface area (Å²) in [5, 5.41) is 12.4. The summed E-state index contributed by atoms with van der Waals surface area (Å²) in [6, 6.07) is 7.17. The molecular formula is C15H23NO2S. The van der Waals surface area contributed by atoms with Crippen molar-refractivity contribution in [1.29, 1.82) is 0 Å². The third-order valence-electron chi connectivity index (χ3n) is 3.02. The lowest BCUT2D eigenvalue weighted by atomic mass is 10.1. The Morgan fingerprint density at radius 3 is 2.68 bits per heavy atom. The molecule has 1 aromatic rings. The SMILES string of the molecule is CSCCCCCCNCc1ccccc1C(=O)O. The molecule has 0 radical (unpaired) electrons. The fourth-order valence-electron chi connectivity index (χ4n) is 1.96. The Balaban J connectivity index is 2.17. The van der Waals surface area contributed by atoms with Gasteiger partial charge in [-0.1, -0.05) is 31.0 Å². The van der Waals surface area contributed by atoms with Crippen molar-refractivity contribution >= 4 is 17.7 Å². The number of unbranched alkanes of at least 4 members (excludes halogenated alkanes) is 3. The van der Waals surface area contributed by atoms with Gasteiger partial charge in [0.15, 0.2) is 0 Å². The second kappa shape index (κ2) is 9.87. The first-order chi connectivity index (χ1) is 9.25. The molecule has 0 fully saturated rings. The number of rotatable bonds is 10. The largest absolute Gasteiger partial charge is 0.478 e. The van der Waals surface area contributed by atoms with Gasteiger partial charge in [0.05, 0.1) is 5.56 Å². The van der Waals surface area contributed by atoms with E-state index in [0.29, 0.717) is 12.1 Å². The molecule has 0 saturated heterocycles. The molecule has 0 bridgehead atoms. The Bertz CT molecular complexity index is 382. The van der Waals surface area contributed by atoms with Crippen LogP contribution in [0.5, 0.6) is 0 Å². The highest BCUT2D eigenvalue weighted by Crippen LogP contribution is 2.08. The summed E-state index contributed by atoms with van der Waals surface area (Å²) in [4.78, 5) is 11.0. The van der Waals surface area contributed by atoms with E-state index in [1.165, 1.54) is 25.0 Å². The summed E-state index contributed by atoms with van der Waals surface area (Å²) < 4.78 is 0. The van der Waals surface area contributed by atoms with Crippen molar-refractivity contribution < 1.29 is 9.90 Å². The number of aromatic carboxylic acids is 1. The number of carbonyl (C=O) groups is 1. The van der Waals surface area contributed by atoms with E-state index in [2.05, 4.69) is 11.6 Å². The van der Waals surface area contributed by atoms with Crippen molar-refractivity contribution in [2.45, 2.75) is 32.2 Å². The molecule has 0 aliphatic rings. The zero-order chi connectivity index (χ0) is 13.9. The van der Waals surface area contributed by atoms with Crippen LogP contribution in [0.1, 0.15) is 41.6 Å². The quantitative estimate of drug-likeness (QED) is 0.645. The smallest absolute Gasteiger partial charge is 0.336 e. The van der Waals surface area contributed by atoms with E-state index in [1.807, 2.05) is 23.9 Å². The molecule has 1 rings (SSSR count). The molecule has 0 heterocycles. The van der Waals surface area contributed by atoms with Crippen LogP contribution in [0.4, 0.5) is 0 Å². The summed E-state index contributed by atoms with van der Waals surface area (Å²) in [5.41, 5.74) is 1.26. The van der Waals surface area contributed by atoms with Gasteiger partial charge in [0.2, 0.25) is 0 Å². The van der Waals surface area contributed by atoms with Crippen molar-refractivity contribution in [2.24, 2.45) is 0 Å². The molecule has 1 aromatic carbocycles. The van der Waals surface area contributed by atoms with Gasteiger partial charge < -0.3 is 10.4 Å². The third-order valence-corrected chi connectivity index (χ3v) is 3.71. The molecule has 0 aromatic heterocycles. The molecule has 106 valence electrons. The highest BCUT2D eigenvalue weighted by molar-refractivity contribution is 7.98. The summed E-state index contributed by atoms with van der Waals surface area (Å²) >= 11 is 1.90. The predicted molar refractivity (Wildman–Crippen MR) is 82.0 cm³/mol. The van der Waals surface area contributed by atoms with Gasteiger partial charge in [-0.3, -0.25) is 0 Å². The van der Waals surface area contributed by atoms with Crippen LogP contribution in [-0.2, 0) is 6.54 Å². The van der Waals surface area contributed by atoms with E-state index in [4.69, 9.17) is 5.11 Å². The number of thioether (sulfide) groups is 1. The van der Waals surface area contributed by atoms with Crippen molar-refractivity contribution in [3.63, 3.8) is 0 Å². The fraction of sp³-hybridized carbons (Fsp3) is 0.533. The first kappa shape index (κ1) is 16.1. The van der Waals surface area contributed by atoms with Gasteiger partial charge in [0.1, 0.15) is 0 Å². The minimum absolute atomic E-state index is 0.398. The summed E-state index contributed by atoms with van der Waals surface area (Å²) in [6.45, 7) is 1.58. The van der Waals surface area contributed by atoms with Crippen LogP contribution in [0.2, 0.25) is 0 Å². The average molecular weight is 281 g/mol. The molecule has 19 heavy (non-hydrogen) atoms. The van der Waals surface area contributed by atoms with E-state index in [1.54, 1.807) is 12.1 Å². The Morgan fingerprint density at radius 1 is 1.21 bits per heavy atom. The van der Waals surface area contributed by atoms with Crippen molar-refractivity contribution in [3.05, 3.63) is 35.4 Å². The van der Waals surface area contributed by atoms with Gasteiger partial charge in [-0.2, -0.15) is 11.8 Å². The molecule has 4 heteroatoms. The molecule has 0 unspecified atom stereocenters. The maximum Gasteiger partial charge on any atom is 0.336 e. The Labute approximate surface area is 119 Å². The summed E-state index contributed by atoms with van der Waals surface area (Å²) in [5.74, 6) is 0.397. The van der Waals surface area contributed by atoms with E-state index >= 15 is 0 Å². The van der Waals surface area contributed by atoms with Gasteiger partial charge in [-0.05, 0) is 43.0 Å². The second-order valence-corrected chi connectivity index (χ2v) is 5.53. The number of carboxylic acid groups (broad SMARTS) is 1. The van der Waals surface area contributed by atoms with Crippen molar-refractivity contribution in [1.82, 2.24) is 5.32 Å².